The zero-order valence-corrected chi connectivity index (χ0v) is 10.8. The molecule has 1 aromatic carbocycles. The van der Waals surface area contributed by atoms with Gasteiger partial charge >= 0.3 is 0 Å². The van der Waals surface area contributed by atoms with Crippen molar-refractivity contribution in [2.75, 3.05) is 25.0 Å². The normalized spacial score (nSPS) is 14.9. The molecule has 0 aromatic heterocycles. The highest BCUT2D eigenvalue weighted by Crippen LogP contribution is 2.30. The molecule has 0 radical (unpaired) electrons. The lowest BCUT2D eigenvalue weighted by Gasteiger charge is -2.15. The highest BCUT2D eigenvalue weighted by atomic mass is 35.5. The molecule has 1 aliphatic rings. The number of nitro benzene ring substituents is 1. The monoisotopic (exact) mass is 285 g/mol. The third-order valence-electron chi connectivity index (χ3n) is 2.90. The van der Waals surface area contributed by atoms with E-state index in [0.717, 1.165) is 31.1 Å². The Balaban J connectivity index is 2.16. The maximum Gasteiger partial charge on any atom is 0.295 e. The summed E-state index contributed by atoms with van der Waals surface area (Å²) in [7, 11) is 0. The van der Waals surface area contributed by atoms with E-state index in [-0.39, 0.29) is 16.4 Å². The molecule has 0 amide bonds. The molecule has 2 rings (SSSR count). The van der Waals surface area contributed by atoms with Crippen LogP contribution in [0.25, 0.3) is 0 Å². The van der Waals surface area contributed by atoms with Gasteiger partial charge in [-0.15, -0.1) is 0 Å². The third-order valence-corrected chi connectivity index (χ3v) is 3.19. The van der Waals surface area contributed by atoms with Gasteiger partial charge in [-0.05, 0) is 19.0 Å². The van der Waals surface area contributed by atoms with Crippen molar-refractivity contribution in [2.24, 2.45) is 0 Å². The van der Waals surface area contributed by atoms with E-state index in [9.17, 15) is 14.5 Å². The van der Waals surface area contributed by atoms with Crippen LogP contribution < -0.4 is 10.6 Å². The number of rotatable bonds is 4. The predicted molar refractivity (Wildman–Crippen MR) is 72.1 cm³/mol. The molecule has 0 aliphatic carbocycles. The molecule has 0 saturated heterocycles. The first kappa shape index (κ1) is 13.8. The van der Waals surface area contributed by atoms with Crippen molar-refractivity contribution < 1.29 is 9.31 Å². The van der Waals surface area contributed by atoms with Crippen LogP contribution >= 0.6 is 11.6 Å². The van der Waals surface area contributed by atoms with Crippen LogP contribution in [0.4, 0.5) is 15.8 Å². The van der Waals surface area contributed by atoms with E-state index >= 15 is 0 Å². The van der Waals surface area contributed by atoms with E-state index in [4.69, 9.17) is 11.6 Å². The van der Waals surface area contributed by atoms with Gasteiger partial charge in [0.05, 0.1) is 16.0 Å². The molecule has 0 atom stereocenters. The lowest BCUT2D eigenvalue weighted by molar-refractivity contribution is -0.384. The summed E-state index contributed by atoms with van der Waals surface area (Å²) in [5, 5.41) is 16.9. The van der Waals surface area contributed by atoms with E-state index in [1.165, 1.54) is 6.07 Å². The standard InChI is InChI=1S/C12H13ClFN3O2/c13-9-5-11(12(17(18)19)6-10(9)14)16-7-8-1-3-15-4-2-8/h1,5-6,15-16H,2-4,7H2. The average Bonchev–Trinajstić information content (AvgIpc) is 2.40. The fraction of sp³-hybridized carbons (Fsp3) is 0.333. The van der Waals surface area contributed by atoms with Gasteiger partial charge in [0, 0.05) is 13.1 Å². The van der Waals surface area contributed by atoms with Crippen molar-refractivity contribution in [1.82, 2.24) is 5.32 Å². The molecule has 0 saturated carbocycles. The Morgan fingerprint density at radius 2 is 2.32 bits per heavy atom. The van der Waals surface area contributed by atoms with Crippen LogP contribution in [0.3, 0.4) is 0 Å². The van der Waals surface area contributed by atoms with Crippen molar-refractivity contribution >= 4 is 23.0 Å². The van der Waals surface area contributed by atoms with Crippen molar-refractivity contribution in [1.29, 1.82) is 0 Å². The zero-order chi connectivity index (χ0) is 13.8. The Morgan fingerprint density at radius 3 is 2.95 bits per heavy atom. The topological polar surface area (TPSA) is 67.2 Å². The summed E-state index contributed by atoms with van der Waals surface area (Å²) in [6.07, 6.45) is 2.92. The summed E-state index contributed by atoms with van der Waals surface area (Å²) in [5.74, 6) is -0.792. The van der Waals surface area contributed by atoms with E-state index in [2.05, 4.69) is 10.6 Å². The fourth-order valence-electron chi connectivity index (χ4n) is 1.87. The Bertz CT molecular complexity index is 534. The number of anilines is 1. The molecule has 7 heteroatoms. The summed E-state index contributed by atoms with van der Waals surface area (Å²) in [5.41, 5.74) is 1.08. The summed E-state index contributed by atoms with van der Waals surface area (Å²) in [6.45, 7) is 2.17. The van der Waals surface area contributed by atoms with Crippen molar-refractivity contribution in [3.8, 4) is 0 Å². The number of halogens is 2. The second-order valence-corrected chi connectivity index (χ2v) is 4.62. The number of nitrogens with one attached hydrogen (secondary N) is 2. The number of nitro groups is 1. The maximum absolute atomic E-state index is 13.2. The molecule has 1 heterocycles. The van der Waals surface area contributed by atoms with Gasteiger partial charge in [0.2, 0.25) is 0 Å². The van der Waals surface area contributed by atoms with Gasteiger partial charge in [-0.2, -0.15) is 0 Å². The number of hydrogen-bond acceptors (Lipinski definition) is 4. The molecule has 0 bridgehead atoms. The average molecular weight is 286 g/mol. The molecule has 0 spiro atoms. The first-order chi connectivity index (χ1) is 9.08. The van der Waals surface area contributed by atoms with Crippen LogP contribution in [0, 0.1) is 15.9 Å². The van der Waals surface area contributed by atoms with Crippen molar-refractivity contribution in [2.45, 2.75) is 6.42 Å². The molecule has 5 nitrogen and oxygen atoms in total. The lowest BCUT2D eigenvalue weighted by atomic mass is 10.1. The van der Waals surface area contributed by atoms with Gasteiger partial charge in [0.1, 0.15) is 11.5 Å². The van der Waals surface area contributed by atoms with Gasteiger partial charge < -0.3 is 10.6 Å². The molecule has 1 aromatic rings. The molecule has 1 aliphatic heterocycles. The highest BCUT2D eigenvalue weighted by molar-refractivity contribution is 6.31. The lowest BCUT2D eigenvalue weighted by Crippen LogP contribution is -2.23. The summed E-state index contributed by atoms with van der Waals surface area (Å²) < 4.78 is 13.2. The third kappa shape index (κ3) is 3.42. The zero-order valence-electron chi connectivity index (χ0n) is 10.1. The van der Waals surface area contributed by atoms with E-state index in [1.807, 2.05) is 6.08 Å². The molecule has 2 N–H and O–H groups in total. The minimum Gasteiger partial charge on any atom is -0.376 e. The molecular formula is C12H13ClFN3O2. The molecule has 0 fully saturated rings. The van der Waals surface area contributed by atoms with Crippen LogP contribution in [0.1, 0.15) is 6.42 Å². The second kappa shape index (κ2) is 5.99. The quantitative estimate of drug-likeness (QED) is 0.507. The summed E-state index contributed by atoms with van der Waals surface area (Å²) in [4.78, 5) is 10.2. The minimum atomic E-state index is -0.792. The highest BCUT2D eigenvalue weighted by Gasteiger charge is 2.18. The molecular weight excluding hydrogens is 273 g/mol. The van der Waals surface area contributed by atoms with Gasteiger partial charge in [-0.1, -0.05) is 23.3 Å². The van der Waals surface area contributed by atoms with Crippen molar-refractivity contribution in [3.63, 3.8) is 0 Å². The Hall–Kier alpha value is -1.66. The van der Waals surface area contributed by atoms with Crippen LogP contribution in [0.2, 0.25) is 5.02 Å². The largest absolute Gasteiger partial charge is 0.376 e. The Labute approximate surface area is 114 Å². The van der Waals surface area contributed by atoms with Crippen molar-refractivity contribution in [3.05, 3.63) is 44.7 Å². The van der Waals surface area contributed by atoms with Gasteiger partial charge in [-0.3, -0.25) is 10.1 Å². The van der Waals surface area contributed by atoms with E-state index in [1.54, 1.807) is 0 Å². The Kier molecular flexibility index (Phi) is 4.34. The summed E-state index contributed by atoms with van der Waals surface area (Å²) in [6, 6.07) is 2.08. The minimum absolute atomic E-state index is 0.132. The number of hydrogen-bond donors (Lipinski definition) is 2. The summed E-state index contributed by atoms with van der Waals surface area (Å²) >= 11 is 5.65. The number of nitrogens with zero attached hydrogens (tertiary/aromatic N) is 1. The first-order valence-corrected chi connectivity index (χ1v) is 6.21. The first-order valence-electron chi connectivity index (χ1n) is 5.84. The number of benzene rings is 1. The van der Waals surface area contributed by atoms with E-state index in [0.29, 0.717) is 6.54 Å². The van der Waals surface area contributed by atoms with Gasteiger partial charge in [0.25, 0.3) is 5.69 Å². The van der Waals surface area contributed by atoms with Crippen LogP contribution in [0.5, 0.6) is 0 Å². The SMILES string of the molecule is O=[N+]([O-])c1cc(F)c(Cl)cc1NCC1=CCNCC1. The molecule has 19 heavy (non-hydrogen) atoms. The fourth-order valence-corrected chi connectivity index (χ4v) is 2.03. The van der Waals surface area contributed by atoms with E-state index < -0.39 is 10.7 Å². The van der Waals surface area contributed by atoms with Crippen LogP contribution in [-0.2, 0) is 0 Å². The van der Waals surface area contributed by atoms with Gasteiger partial charge in [0.15, 0.2) is 0 Å². The van der Waals surface area contributed by atoms with Gasteiger partial charge in [-0.25, -0.2) is 4.39 Å². The van der Waals surface area contributed by atoms with Crippen LogP contribution in [-0.4, -0.2) is 24.6 Å². The maximum atomic E-state index is 13.2. The van der Waals surface area contributed by atoms with Crippen LogP contribution in [0.15, 0.2) is 23.8 Å². The predicted octanol–water partition coefficient (Wildman–Crippen LogP) is 2.72. The second-order valence-electron chi connectivity index (χ2n) is 4.21. The Morgan fingerprint density at radius 1 is 1.53 bits per heavy atom. The smallest absolute Gasteiger partial charge is 0.295 e. The molecule has 102 valence electrons. The molecule has 0 unspecified atom stereocenters.